The molecule has 0 aliphatic carbocycles. The van der Waals surface area contributed by atoms with Gasteiger partial charge in [-0.3, -0.25) is 4.98 Å². The maximum Gasteiger partial charge on any atom is 0.226 e. The van der Waals surface area contributed by atoms with Gasteiger partial charge in [0.2, 0.25) is 5.69 Å². The second kappa shape index (κ2) is 2.87. The van der Waals surface area contributed by atoms with Crippen molar-refractivity contribution >= 4 is 28.9 Å². The number of hydrogen-bond acceptors (Lipinski definition) is 1. The highest BCUT2D eigenvalue weighted by molar-refractivity contribution is 6.38. The van der Waals surface area contributed by atoms with Crippen LogP contribution in [0.4, 0.5) is 5.69 Å². The van der Waals surface area contributed by atoms with Gasteiger partial charge in [-0.05, 0) is 0 Å². The van der Waals surface area contributed by atoms with E-state index in [1.807, 2.05) is 0 Å². The summed E-state index contributed by atoms with van der Waals surface area (Å²) in [6.07, 6.45) is 2.78. The van der Waals surface area contributed by atoms with E-state index in [9.17, 15) is 0 Å². The van der Waals surface area contributed by atoms with Crippen LogP contribution in [-0.2, 0) is 0 Å². The standard InChI is InChI=1S/C6H2Cl2N2/c1-9-6-4(7)2-10-3-5(6)8/h2-3H. The average Bonchev–Trinajstić information content (AvgIpc) is 1.88. The number of nitrogens with zero attached hydrogens (tertiary/aromatic N) is 2. The van der Waals surface area contributed by atoms with E-state index >= 15 is 0 Å². The Morgan fingerprint density at radius 1 is 1.30 bits per heavy atom. The lowest BCUT2D eigenvalue weighted by Gasteiger charge is -1.93. The topological polar surface area (TPSA) is 17.2 Å². The van der Waals surface area contributed by atoms with Crippen molar-refractivity contribution in [2.75, 3.05) is 0 Å². The Balaban J connectivity index is 3.34. The molecule has 0 aromatic carbocycles. The van der Waals surface area contributed by atoms with Crippen molar-refractivity contribution in [1.29, 1.82) is 0 Å². The van der Waals surface area contributed by atoms with E-state index in [2.05, 4.69) is 9.83 Å². The lowest BCUT2D eigenvalue weighted by molar-refractivity contribution is 1.34. The summed E-state index contributed by atoms with van der Waals surface area (Å²) >= 11 is 11.1. The number of aromatic nitrogens is 1. The lowest BCUT2D eigenvalue weighted by Crippen LogP contribution is -1.72. The summed E-state index contributed by atoms with van der Waals surface area (Å²) in [6, 6.07) is 0. The Kier molecular flexibility index (Phi) is 2.10. The summed E-state index contributed by atoms with van der Waals surface area (Å²) in [5.74, 6) is 0. The zero-order valence-corrected chi connectivity index (χ0v) is 6.32. The SMILES string of the molecule is [C-]#[N+]c1c(Cl)cncc1Cl. The lowest BCUT2D eigenvalue weighted by atomic mass is 10.4. The molecule has 50 valence electrons. The number of pyridine rings is 1. The first-order valence-electron chi connectivity index (χ1n) is 2.42. The summed E-state index contributed by atoms with van der Waals surface area (Å²) in [4.78, 5) is 6.80. The Hall–Kier alpha value is -0.780. The number of hydrogen-bond donors (Lipinski definition) is 0. The summed E-state index contributed by atoms with van der Waals surface area (Å²) in [6.45, 7) is 6.65. The van der Waals surface area contributed by atoms with Crippen molar-refractivity contribution in [2.24, 2.45) is 0 Å². The van der Waals surface area contributed by atoms with Crippen molar-refractivity contribution in [1.82, 2.24) is 4.98 Å². The van der Waals surface area contributed by atoms with Crippen molar-refractivity contribution < 1.29 is 0 Å². The predicted molar refractivity (Wildman–Crippen MR) is 40.5 cm³/mol. The molecule has 2 nitrogen and oxygen atoms in total. The highest BCUT2D eigenvalue weighted by Gasteiger charge is 2.03. The Morgan fingerprint density at radius 3 is 2.10 bits per heavy atom. The van der Waals surface area contributed by atoms with Crippen molar-refractivity contribution in [3.63, 3.8) is 0 Å². The first-order valence-corrected chi connectivity index (χ1v) is 3.17. The summed E-state index contributed by atoms with van der Waals surface area (Å²) in [7, 11) is 0. The molecule has 0 aliphatic heterocycles. The van der Waals surface area contributed by atoms with E-state index in [4.69, 9.17) is 29.8 Å². The van der Waals surface area contributed by atoms with Crippen LogP contribution < -0.4 is 0 Å². The van der Waals surface area contributed by atoms with E-state index in [0.29, 0.717) is 10.0 Å². The molecule has 0 amide bonds. The third-order valence-electron chi connectivity index (χ3n) is 0.940. The zero-order valence-electron chi connectivity index (χ0n) is 4.81. The van der Waals surface area contributed by atoms with Crippen LogP contribution in [0.5, 0.6) is 0 Å². The minimum atomic E-state index is 0.262. The monoisotopic (exact) mass is 172 g/mol. The summed E-state index contributed by atoms with van der Waals surface area (Å²) in [5, 5.41) is 0.588. The molecule has 0 spiro atoms. The molecule has 10 heavy (non-hydrogen) atoms. The summed E-state index contributed by atoms with van der Waals surface area (Å²) < 4.78 is 0. The van der Waals surface area contributed by atoms with E-state index in [0.717, 1.165) is 0 Å². The van der Waals surface area contributed by atoms with Crippen LogP contribution in [0.3, 0.4) is 0 Å². The molecule has 1 heterocycles. The third kappa shape index (κ3) is 1.21. The fourth-order valence-corrected chi connectivity index (χ4v) is 0.960. The molecular formula is C6H2Cl2N2. The van der Waals surface area contributed by atoms with Gasteiger partial charge in [0, 0.05) is 12.4 Å². The Labute approximate surface area is 68.2 Å². The Morgan fingerprint density at radius 2 is 1.80 bits per heavy atom. The molecule has 0 aliphatic rings. The largest absolute Gasteiger partial charge is 0.264 e. The number of rotatable bonds is 0. The molecule has 0 saturated heterocycles. The zero-order chi connectivity index (χ0) is 7.56. The summed E-state index contributed by atoms with van der Waals surface area (Å²) in [5.41, 5.74) is 0.262. The van der Waals surface area contributed by atoms with Crippen LogP contribution >= 0.6 is 23.2 Å². The molecule has 1 aromatic heterocycles. The molecule has 0 saturated carbocycles. The molecule has 4 heteroatoms. The second-order valence-corrected chi connectivity index (χ2v) is 2.38. The van der Waals surface area contributed by atoms with Crippen molar-refractivity contribution in [3.8, 4) is 0 Å². The van der Waals surface area contributed by atoms with E-state index in [-0.39, 0.29) is 5.69 Å². The van der Waals surface area contributed by atoms with E-state index < -0.39 is 0 Å². The molecule has 0 radical (unpaired) electrons. The van der Waals surface area contributed by atoms with Gasteiger partial charge in [0.25, 0.3) is 0 Å². The molecule has 0 bridgehead atoms. The van der Waals surface area contributed by atoms with Crippen LogP contribution in [-0.4, -0.2) is 4.98 Å². The normalized spacial score (nSPS) is 8.90. The predicted octanol–water partition coefficient (Wildman–Crippen LogP) is 2.94. The molecule has 0 fully saturated rings. The van der Waals surface area contributed by atoms with Gasteiger partial charge in [0.1, 0.15) is 0 Å². The minimum absolute atomic E-state index is 0.262. The fraction of sp³-hybridized carbons (Fsp3) is 0. The van der Waals surface area contributed by atoms with Crippen LogP contribution in [0.15, 0.2) is 12.4 Å². The van der Waals surface area contributed by atoms with Crippen molar-refractivity contribution in [3.05, 3.63) is 33.9 Å². The Bertz CT molecular complexity index is 270. The van der Waals surface area contributed by atoms with E-state index in [1.54, 1.807) is 0 Å². The van der Waals surface area contributed by atoms with Crippen molar-refractivity contribution in [2.45, 2.75) is 0 Å². The van der Waals surface area contributed by atoms with Gasteiger partial charge in [0.05, 0.1) is 16.6 Å². The van der Waals surface area contributed by atoms with Gasteiger partial charge in [-0.25, -0.2) is 4.85 Å². The van der Waals surface area contributed by atoms with Gasteiger partial charge in [-0.2, -0.15) is 0 Å². The minimum Gasteiger partial charge on any atom is -0.264 e. The third-order valence-corrected chi connectivity index (χ3v) is 1.49. The molecule has 0 unspecified atom stereocenters. The number of halogens is 2. The highest BCUT2D eigenvalue weighted by atomic mass is 35.5. The van der Waals surface area contributed by atoms with Gasteiger partial charge >= 0.3 is 0 Å². The quantitative estimate of drug-likeness (QED) is 0.551. The first-order chi connectivity index (χ1) is 4.75. The molecular weight excluding hydrogens is 171 g/mol. The second-order valence-electron chi connectivity index (χ2n) is 1.56. The fourth-order valence-electron chi connectivity index (χ4n) is 0.511. The molecule has 0 atom stereocenters. The molecule has 1 aromatic rings. The van der Waals surface area contributed by atoms with Gasteiger partial charge < -0.3 is 0 Å². The van der Waals surface area contributed by atoms with Gasteiger partial charge in [-0.15, -0.1) is 0 Å². The van der Waals surface area contributed by atoms with E-state index in [1.165, 1.54) is 12.4 Å². The van der Waals surface area contributed by atoms with Crippen LogP contribution in [0.25, 0.3) is 4.85 Å². The highest BCUT2D eigenvalue weighted by Crippen LogP contribution is 2.30. The van der Waals surface area contributed by atoms with Gasteiger partial charge in [0.15, 0.2) is 0 Å². The van der Waals surface area contributed by atoms with Crippen LogP contribution in [0.2, 0.25) is 10.0 Å². The van der Waals surface area contributed by atoms with Crippen LogP contribution in [0, 0.1) is 6.57 Å². The maximum atomic E-state index is 6.65. The maximum absolute atomic E-state index is 6.65. The molecule has 0 N–H and O–H groups in total. The van der Waals surface area contributed by atoms with Gasteiger partial charge in [-0.1, -0.05) is 23.2 Å². The molecule has 1 rings (SSSR count). The average molecular weight is 173 g/mol. The first kappa shape index (κ1) is 7.33. The van der Waals surface area contributed by atoms with Crippen LogP contribution in [0.1, 0.15) is 0 Å². The smallest absolute Gasteiger partial charge is 0.226 e.